The summed E-state index contributed by atoms with van der Waals surface area (Å²) in [6.07, 6.45) is 2.44. The van der Waals surface area contributed by atoms with Crippen molar-refractivity contribution in [3.63, 3.8) is 0 Å². The molecule has 1 amide bonds. The summed E-state index contributed by atoms with van der Waals surface area (Å²) in [6.45, 7) is 4.31. The number of piperazine rings is 1. The van der Waals surface area contributed by atoms with Crippen molar-refractivity contribution in [2.45, 2.75) is 19.9 Å². The largest absolute Gasteiger partial charge is 0.451 e. The van der Waals surface area contributed by atoms with Crippen LogP contribution in [0.2, 0.25) is 0 Å². The van der Waals surface area contributed by atoms with Crippen LogP contribution in [-0.4, -0.2) is 64.3 Å². The van der Waals surface area contributed by atoms with Crippen molar-refractivity contribution in [1.29, 1.82) is 0 Å². The van der Waals surface area contributed by atoms with E-state index < -0.39 is 5.97 Å². The first-order chi connectivity index (χ1) is 15.6. The lowest BCUT2D eigenvalue weighted by Crippen LogP contribution is -2.50. The zero-order valence-electron chi connectivity index (χ0n) is 17.9. The molecule has 0 radical (unpaired) electrons. The van der Waals surface area contributed by atoms with Gasteiger partial charge in [0.25, 0.3) is 11.5 Å². The molecule has 0 atom stereocenters. The Balaban J connectivity index is 1.41. The number of aromatic nitrogens is 3. The van der Waals surface area contributed by atoms with Crippen molar-refractivity contribution >= 4 is 28.5 Å². The number of rotatable bonds is 6. The van der Waals surface area contributed by atoms with Gasteiger partial charge in [-0.05, 0) is 24.6 Å². The van der Waals surface area contributed by atoms with Crippen LogP contribution in [-0.2, 0) is 16.1 Å². The third kappa shape index (κ3) is 4.46. The van der Waals surface area contributed by atoms with Gasteiger partial charge in [-0.15, -0.1) is 0 Å². The van der Waals surface area contributed by atoms with Crippen LogP contribution in [0, 0.1) is 0 Å². The average Bonchev–Trinajstić information content (AvgIpc) is 2.85. The third-order valence-electron chi connectivity index (χ3n) is 5.43. The molecule has 1 fully saturated rings. The molecular formula is C23H25N5O4. The molecule has 0 bridgehead atoms. The summed E-state index contributed by atoms with van der Waals surface area (Å²) in [6, 6.07) is 12.5. The second-order valence-electron chi connectivity index (χ2n) is 7.55. The molecule has 1 aromatic carbocycles. The van der Waals surface area contributed by atoms with E-state index >= 15 is 0 Å². The molecule has 3 heterocycles. The molecule has 1 saturated heterocycles. The Morgan fingerprint density at radius 1 is 1.00 bits per heavy atom. The molecular weight excluding hydrogens is 410 g/mol. The number of carbonyl (C=O) groups excluding carboxylic acids is 2. The topological polar surface area (TPSA) is 97.6 Å². The molecule has 1 aliphatic heterocycles. The molecule has 9 nitrogen and oxygen atoms in total. The number of hydrogen-bond donors (Lipinski definition) is 0. The number of carbonyl (C=O) groups is 2. The zero-order chi connectivity index (χ0) is 22.5. The fourth-order valence-corrected chi connectivity index (χ4v) is 3.76. The molecule has 1 aliphatic rings. The van der Waals surface area contributed by atoms with E-state index in [9.17, 15) is 14.4 Å². The van der Waals surface area contributed by atoms with Crippen molar-refractivity contribution in [1.82, 2.24) is 19.7 Å². The molecule has 0 aliphatic carbocycles. The van der Waals surface area contributed by atoms with Gasteiger partial charge in [0.2, 0.25) is 0 Å². The maximum atomic E-state index is 12.8. The second kappa shape index (κ2) is 9.59. The molecule has 4 rings (SSSR count). The lowest BCUT2D eigenvalue weighted by Gasteiger charge is -2.35. The van der Waals surface area contributed by atoms with Gasteiger partial charge in [0.15, 0.2) is 12.3 Å². The molecule has 0 spiro atoms. The SMILES string of the molecule is CCCn1nc(C(=O)OCC(=O)N2CCN(c3ccccn3)CC2)c2ccccc2c1=O. The maximum Gasteiger partial charge on any atom is 0.359 e. The van der Waals surface area contributed by atoms with Crippen molar-refractivity contribution in [2.24, 2.45) is 0 Å². The molecule has 0 N–H and O–H groups in total. The summed E-state index contributed by atoms with van der Waals surface area (Å²) in [5, 5.41) is 5.04. The molecule has 0 saturated carbocycles. The van der Waals surface area contributed by atoms with Gasteiger partial charge in [0.1, 0.15) is 5.82 Å². The number of pyridine rings is 1. The first-order valence-corrected chi connectivity index (χ1v) is 10.7. The molecule has 32 heavy (non-hydrogen) atoms. The van der Waals surface area contributed by atoms with Crippen molar-refractivity contribution < 1.29 is 14.3 Å². The second-order valence-corrected chi connectivity index (χ2v) is 7.55. The normalized spacial score (nSPS) is 13.9. The van der Waals surface area contributed by atoms with Crippen LogP contribution in [0.4, 0.5) is 5.82 Å². The van der Waals surface area contributed by atoms with E-state index in [0.717, 1.165) is 5.82 Å². The first kappa shape index (κ1) is 21.5. The van der Waals surface area contributed by atoms with Crippen molar-refractivity contribution in [3.05, 3.63) is 64.7 Å². The third-order valence-corrected chi connectivity index (χ3v) is 5.43. The van der Waals surface area contributed by atoms with E-state index in [1.54, 1.807) is 35.4 Å². The number of esters is 1. The number of benzene rings is 1. The van der Waals surface area contributed by atoms with Gasteiger partial charge in [-0.2, -0.15) is 5.10 Å². The number of amides is 1. The quantitative estimate of drug-likeness (QED) is 0.544. The van der Waals surface area contributed by atoms with Gasteiger partial charge >= 0.3 is 5.97 Å². The van der Waals surface area contributed by atoms with Gasteiger partial charge in [-0.3, -0.25) is 9.59 Å². The van der Waals surface area contributed by atoms with Gasteiger partial charge in [-0.25, -0.2) is 14.5 Å². The Morgan fingerprint density at radius 2 is 1.72 bits per heavy atom. The highest BCUT2D eigenvalue weighted by Crippen LogP contribution is 2.15. The minimum atomic E-state index is -0.716. The Hall–Kier alpha value is -3.75. The lowest BCUT2D eigenvalue weighted by atomic mass is 10.1. The van der Waals surface area contributed by atoms with E-state index in [1.165, 1.54) is 4.68 Å². The maximum absolute atomic E-state index is 12.8. The Morgan fingerprint density at radius 3 is 2.41 bits per heavy atom. The summed E-state index contributed by atoms with van der Waals surface area (Å²) in [5.74, 6) is -0.0945. The van der Waals surface area contributed by atoms with Gasteiger partial charge < -0.3 is 14.5 Å². The van der Waals surface area contributed by atoms with E-state index in [2.05, 4.69) is 15.0 Å². The number of anilines is 1. The lowest BCUT2D eigenvalue weighted by molar-refractivity contribution is -0.134. The highest BCUT2D eigenvalue weighted by Gasteiger charge is 2.24. The number of aryl methyl sites for hydroxylation is 1. The minimum absolute atomic E-state index is 0.0430. The van der Waals surface area contributed by atoms with E-state index in [4.69, 9.17) is 4.74 Å². The molecule has 9 heteroatoms. The molecule has 166 valence electrons. The minimum Gasteiger partial charge on any atom is -0.451 e. The number of nitrogens with zero attached hydrogens (tertiary/aromatic N) is 5. The summed E-state index contributed by atoms with van der Waals surface area (Å²) >= 11 is 0. The van der Waals surface area contributed by atoms with Crippen LogP contribution in [0.25, 0.3) is 10.8 Å². The zero-order valence-corrected chi connectivity index (χ0v) is 17.9. The average molecular weight is 435 g/mol. The predicted molar refractivity (Wildman–Crippen MR) is 120 cm³/mol. The smallest absolute Gasteiger partial charge is 0.359 e. The standard InChI is InChI=1S/C23H25N5O4/c1-2-11-28-22(30)18-8-4-3-7-17(18)21(25-28)23(31)32-16-20(29)27-14-12-26(13-15-27)19-9-5-6-10-24-19/h3-10H,2,11-16H2,1H3. The fourth-order valence-electron chi connectivity index (χ4n) is 3.76. The highest BCUT2D eigenvalue weighted by atomic mass is 16.5. The monoisotopic (exact) mass is 435 g/mol. The van der Waals surface area contributed by atoms with Crippen LogP contribution < -0.4 is 10.5 Å². The van der Waals surface area contributed by atoms with Crippen molar-refractivity contribution in [3.8, 4) is 0 Å². The Bertz CT molecular complexity index is 1170. The van der Waals surface area contributed by atoms with E-state index in [1.807, 2.05) is 25.1 Å². The summed E-state index contributed by atoms with van der Waals surface area (Å²) in [7, 11) is 0. The number of fused-ring (bicyclic) bond motifs is 1. The number of hydrogen-bond acceptors (Lipinski definition) is 7. The van der Waals surface area contributed by atoms with Crippen LogP contribution >= 0.6 is 0 Å². The Kier molecular flexibility index (Phi) is 6.44. The Labute approximate surface area is 185 Å². The summed E-state index contributed by atoms with van der Waals surface area (Å²) < 4.78 is 6.58. The summed E-state index contributed by atoms with van der Waals surface area (Å²) in [5.41, 5.74) is -0.206. The predicted octanol–water partition coefficient (Wildman–Crippen LogP) is 1.71. The van der Waals surface area contributed by atoms with Gasteiger partial charge in [0, 0.05) is 44.3 Å². The molecule has 3 aromatic rings. The van der Waals surface area contributed by atoms with Crippen molar-refractivity contribution in [2.75, 3.05) is 37.7 Å². The van der Waals surface area contributed by atoms with Crippen LogP contribution in [0.3, 0.4) is 0 Å². The number of ether oxygens (including phenoxy) is 1. The van der Waals surface area contributed by atoms with Gasteiger partial charge in [-0.1, -0.05) is 31.2 Å². The van der Waals surface area contributed by atoms with Crippen LogP contribution in [0.15, 0.2) is 53.5 Å². The first-order valence-electron chi connectivity index (χ1n) is 10.7. The van der Waals surface area contributed by atoms with Gasteiger partial charge in [0.05, 0.1) is 5.39 Å². The molecule has 0 unspecified atom stereocenters. The molecule has 2 aromatic heterocycles. The summed E-state index contributed by atoms with van der Waals surface area (Å²) in [4.78, 5) is 46.1. The fraction of sp³-hybridized carbons (Fsp3) is 0.348. The van der Waals surface area contributed by atoms with Crippen LogP contribution in [0.5, 0.6) is 0 Å². The highest BCUT2D eigenvalue weighted by molar-refractivity contribution is 6.02. The van der Waals surface area contributed by atoms with E-state index in [0.29, 0.717) is 49.9 Å². The van der Waals surface area contributed by atoms with E-state index in [-0.39, 0.29) is 23.8 Å². The van der Waals surface area contributed by atoms with Crippen LogP contribution in [0.1, 0.15) is 23.8 Å².